The Morgan fingerprint density at radius 1 is 1.22 bits per heavy atom. The second-order valence-corrected chi connectivity index (χ2v) is 6.50. The molecule has 137 valence electrons. The van der Waals surface area contributed by atoms with Crippen LogP contribution >= 0.6 is 12.4 Å². The summed E-state index contributed by atoms with van der Waals surface area (Å²) in [6.07, 6.45) is 0.899. The molecule has 0 bridgehead atoms. The van der Waals surface area contributed by atoms with E-state index < -0.39 is 0 Å². The monoisotopic (exact) mass is 393 g/mol. The fourth-order valence-electron chi connectivity index (χ4n) is 2.58. The number of hydrogen-bond donors (Lipinski definition) is 2. The maximum atomic E-state index is 12.4. The van der Waals surface area contributed by atoms with E-state index in [1.54, 1.807) is 12.1 Å². The molecule has 2 N–H and O–H groups in total. The first-order valence-electron chi connectivity index (χ1n) is 7.92. The summed E-state index contributed by atoms with van der Waals surface area (Å²) >= 11 is 0. The van der Waals surface area contributed by atoms with Crippen molar-refractivity contribution in [2.24, 2.45) is 0 Å². The third kappa shape index (κ3) is 8.97. The predicted octanol–water partition coefficient (Wildman–Crippen LogP) is 0.409. The van der Waals surface area contributed by atoms with Gasteiger partial charge in [0.05, 0.1) is 19.0 Å². The maximum absolute atomic E-state index is 12.4. The van der Waals surface area contributed by atoms with Crippen molar-refractivity contribution in [2.75, 3.05) is 6.54 Å². The summed E-state index contributed by atoms with van der Waals surface area (Å²) in [5.74, 6) is -0.0132. The number of nitrogens with one attached hydrogen (secondary N) is 1. The number of halogens is 1. The van der Waals surface area contributed by atoms with Crippen LogP contribution in [-0.2, 0) is 12.8 Å². The maximum Gasteiger partial charge on any atom is 1.00 e. The van der Waals surface area contributed by atoms with Crippen molar-refractivity contribution in [1.82, 2.24) is 5.32 Å². The number of nitriles is 1. The summed E-state index contributed by atoms with van der Waals surface area (Å²) in [4.78, 5) is 12.4. The molecule has 0 aliphatic carbocycles. The topological polar surface area (TPSA) is 73.1 Å². The largest absolute Gasteiger partial charge is 1.00 e. The van der Waals surface area contributed by atoms with Crippen molar-refractivity contribution in [3.05, 3.63) is 65.2 Å². The minimum Gasteiger partial charge on any atom is -1.00 e. The average molecular weight is 394 g/mol. The Balaban J connectivity index is -0.00000156. The van der Waals surface area contributed by atoms with E-state index in [9.17, 15) is 9.90 Å². The van der Waals surface area contributed by atoms with Crippen molar-refractivity contribution in [3.63, 3.8) is 0 Å². The zero-order valence-corrected chi connectivity index (χ0v) is 18.8. The van der Waals surface area contributed by atoms with E-state index in [-0.39, 0.29) is 81.8 Å². The number of carbonyl (C=O) groups excluding carboxylic acids is 1. The van der Waals surface area contributed by atoms with E-state index in [2.05, 4.69) is 31.3 Å². The van der Waals surface area contributed by atoms with Crippen LogP contribution in [0.5, 0.6) is 5.75 Å². The molecule has 0 fully saturated rings. The number of nitrogens with zero attached hydrogens (tertiary/aromatic N) is 1. The summed E-state index contributed by atoms with van der Waals surface area (Å²) in [7, 11) is 0. The zero-order chi connectivity index (χ0) is 17.6. The van der Waals surface area contributed by atoms with Gasteiger partial charge < -0.3 is 11.8 Å². The Morgan fingerprint density at radius 2 is 1.85 bits per heavy atom. The molecular formula is C20H24BClN2NaO2. The van der Waals surface area contributed by atoms with Crippen molar-refractivity contribution < 1.29 is 40.9 Å². The van der Waals surface area contributed by atoms with Crippen molar-refractivity contribution in [1.29, 1.82) is 5.26 Å². The third-order valence-electron chi connectivity index (χ3n) is 3.89. The molecule has 0 amide bonds. The molecule has 0 aromatic heterocycles. The molecule has 3 radical (unpaired) electrons. The number of Topliss-reactive ketones (excluding diaryl/α,β-unsaturated/α-hetero) is 1. The predicted molar refractivity (Wildman–Crippen MR) is 108 cm³/mol. The number of ketones is 1. The van der Waals surface area contributed by atoms with Crippen molar-refractivity contribution >= 4 is 26.6 Å². The van der Waals surface area contributed by atoms with E-state index >= 15 is 0 Å². The quantitative estimate of drug-likeness (QED) is 0.528. The van der Waals surface area contributed by atoms with Crippen molar-refractivity contribution in [3.8, 4) is 11.8 Å². The molecule has 0 heterocycles. The van der Waals surface area contributed by atoms with Gasteiger partial charge in [0.15, 0.2) is 5.78 Å². The Bertz CT molecular complexity index is 771. The standard InChI is InChI=1S/C20H22N2O2.B.ClH.Na.H/c1-20(2,13-15-6-4-3-5-7-15)22-14-19(24)16-8-9-18(23)17(12-16)10-11-21;;;;/h3-9,12,22-23H,10,13-14H2,1-2H3;;1H;;/q;;;+1;-1. The van der Waals surface area contributed by atoms with Gasteiger partial charge >= 0.3 is 29.6 Å². The molecule has 2 aromatic rings. The Labute approximate surface area is 193 Å². The summed E-state index contributed by atoms with van der Waals surface area (Å²) in [6, 6.07) is 16.8. The van der Waals surface area contributed by atoms with Gasteiger partial charge in [-0.1, -0.05) is 30.3 Å². The van der Waals surface area contributed by atoms with Crippen molar-refractivity contribution in [2.45, 2.75) is 32.2 Å². The Morgan fingerprint density at radius 3 is 2.44 bits per heavy atom. The second kappa shape index (κ2) is 13.0. The van der Waals surface area contributed by atoms with Gasteiger partial charge in [0.25, 0.3) is 0 Å². The number of hydrogen-bond acceptors (Lipinski definition) is 4. The van der Waals surface area contributed by atoms with Gasteiger partial charge in [-0.25, -0.2) is 0 Å². The van der Waals surface area contributed by atoms with Crippen LogP contribution in [0.1, 0.15) is 36.8 Å². The average Bonchev–Trinajstić information content (AvgIpc) is 2.55. The molecule has 27 heavy (non-hydrogen) atoms. The number of carbonyl (C=O) groups is 1. The Hall–Kier alpha value is -1.29. The van der Waals surface area contributed by atoms with E-state index in [4.69, 9.17) is 5.26 Å². The molecule has 0 spiro atoms. The molecule has 0 aliphatic rings. The number of rotatable bonds is 7. The molecule has 2 rings (SSSR count). The summed E-state index contributed by atoms with van der Waals surface area (Å²) in [5, 5.41) is 21.8. The van der Waals surface area contributed by atoms with Crippen LogP contribution in [0.4, 0.5) is 0 Å². The first kappa shape index (κ1) is 27.9. The van der Waals surface area contributed by atoms with Gasteiger partial charge in [0.1, 0.15) is 5.75 Å². The molecule has 0 aliphatic heterocycles. The van der Waals surface area contributed by atoms with E-state index in [1.165, 1.54) is 11.6 Å². The molecule has 0 saturated heterocycles. The Kier molecular flexibility index (Phi) is 13.4. The smallest absolute Gasteiger partial charge is 1.00 e. The number of benzene rings is 2. The second-order valence-electron chi connectivity index (χ2n) is 6.50. The van der Waals surface area contributed by atoms with Crippen LogP contribution in [0.2, 0.25) is 0 Å². The number of aromatic hydroxyl groups is 1. The minimum absolute atomic E-state index is 0. The van der Waals surface area contributed by atoms with Gasteiger partial charge in [-0.3, -0.25) is 4.79 Å². The molecule has 7 heteroatoms. The third-order valence-corrected chi connectivity index (χ3v) is 3.89. The van der Waals surface area contributed by atoms with Crippen LogP contribution in [0.15, 0.2) is 48.5 Å². The summed E-state index contributed by atoms with van der Waals surface area (Å²) in [5.41, 5.74) is 1.97. The molecule has 0 saturated carbocycles. The molecule has 4 nitrogen and oxygen atoms in total. The van der Waals surface area contributed by atoms with Gasteiger partial charge in [-0.15, -0.1) is 12.4 Å². The fourth-order valence-corrected chi connectivity index (χ4v) is 2.58. The molecule has 0 unspecified atom stereocenters. The van der Waals surface area contributed by atoms with Crippen LogP contribution in [0.3, 0.4) is 0 Å². The van der Waals surface area contributed by atoms with Gasteiger partial charge in [0.2, 0.25) is 0 Å². The summed E-state index contributed by atoms with van der Waals surface area (Å²) in [6.45, 7) is 4.33. The van der Waals surface area contributed by atoms with E-state index in [0.717, 1.165) is 6.42 Å². The molecule has 2 aromatic carbocycles. The minimum atomic E-state index is -0.219. The van der Waals surface area contributed by atoms with Gasteiger partial charge in [-0.05, 0) is 44.0 Å². The first-order chi connectivity index (χ1) is 11.4. The zero-order valence-electron chi connectivity index (χ0n) is 17.0. The fraction of sp³-hybridized carbons (Fsp3) is 0.300. The molecule has 0 atom stereocenters. The van der Waals surface area contributed by atoms with E-state index in [0.29, 0.717) is 11.1 Å². The first-order valence-corrected chi connectivity index (χ1v) is 7.92. The molecular weight excluding hydrogens is 369 g/mol. The van der Waals surface area contributed by atoms with Crippen LogP contribution in [-0.4, -0.2) is 31.4 Å². The van der Waals surface area contributed by atoms with Gasteiger partial charge in [-0.2, -0.15) is 5.26 Å². The van der Waals surface area contributed by atoms with Gasteiger partial charge in [0, 0.05) is 25.1 Å². The normalized spacial score (nSPS) is 9.81. The SMILES string of the molecule is CC(C)(Cc1ccccc1)NCC(=O)c1ccc(O)c(CC#N)c1.Cl.[B].[H-].[Na+]. The van der Waals surface area contributed by atoms with E-state index in [1.807, 2.05) is 24.3 Å². The number of phenols is 1. The summed E-state index contributed by atoms with van der Waals surface area (Å²) < 4.78 is 0. The van der Waals surface area contributed by atoms with Crippen LogP contribution in [0.25, 0.3) is 0 Å². The van der Waals surface area contributed by atoms with Crippen LogP contribution < -0.4 is 34.9 Å². The number of phenolic OH excluding ortho intramolecular Hbond substituents is 1. The van der Waals surface area contributed by atoms with Crippen LogP contribution in [0, 0.1) is 11.3 Å².